The normalized spacial score (nSPS) is 32.0. The van der Waals surface area contributed by atoms with Crippen molar-refractivity contribution >= 4 is 5.90 Å². The molecule has 1 fully saturated rings. The summed E-state index contributed by atoms with van der Waals surface area (Å²) < 4.78 is 32.8. The summed E-state index contributed by atoms with van der Waals surface area (Å²) in [5.41, 5.74) is 1.44. The summed E-state index contributed by atoms with van der Waals surface area (Å²) in [5, 5.41) is 0. The lowest BCUT2D eigenvalue weighted by Gasteiger charge is -2.39. The van der Waals surface area contributed by atoms with Crippen LogP contribution in [-0.2, 0) is 4.74 Å². The Morgan fingerprint density at radius 2 is 2.14 bits per heavy atom. The van der Waals surface area contributed by atoms with E-state index in [9.17, 15) is 8.78 Å². The second-order valence-electron chi connectivity index (χ2n) is 6.01. The molecule has 3 atom stereocenters. The van der Waals surface area contributed by atoms with Crippen molar-refractivity contribution in [3.63, 3.8) is 0 Å². The average molecular weight is 299 g/mol. The van der Waals surface area contributed by atoms with Crippen LogP contribution in [-0.4, -0.2) is 12.0 Å². The summed E-state index contributed by atoms with van der Waals surface area (Å²) in [6.07, 6.45) is 10.6. The lowest BCUT2D eigenvalue weighted by atomic mass is 9.62. The predicted octanol–water partition coefficient (Wildman–Crippen LogP) is 4.27. The number of hydrogen-bond donors (Lipinski definition) is 0. The van der Waals surface area contributed by atoms with Crippen molar-refractivity contribution in [2.45, 2.75) is 25.4 Å². The molecule has 2 heterocycles. The van der Waals surface area contributed by atoms with E-state index in [1.165, 1.54) is 12.1 Å². The van der Waals surface area contributed by atoms with E-state index in [1.807, 2.05) is 31.2 Å². The molecule has 2 aliphatic heterocycles. The number of aliphatic imine (C=N–C) groups is 1. The van der Waals surface area contributed by atoms with E-state index in [-0.39, 0.29) is 12.0 Å². The van der Waals surface area contributed by atoms with E-state index in [1.54, 1.807) is 12.3 Å². The first-order chi connectivity index (χ1) is 10.6. The SMILES string of the molecule is CC1CC23C(=CC=CC2c2ccc(F)c(F)c2)C=CN=C3O1. The van der Waals surface area contributed by atoms with Gasteiger partial charge in [0.15, 0.2) is 17.5 Å². The van der Waals surface area contributed by atoms with Crippen LogP contribution in [0.1, 0.15) is 24.8 Å². The van der Waals surface area contributed by atoms with Gasteiger partial charge in [0.2, 0.25) is 0 Å². The molecule has 0 N–H and O–H groups in total. The average Bonchev–Trinajstić information content (AvgIpc) is 2.84. The molecular weight excluding hydrogens is 284 g/mol. The van der Waals surface area contributed by atoms with Crippen LogP contribution in [0.25, 0.3) is 0 Å². The number of benzene rings is 1. The second-order valence-corrected chi connectivity index (χ2v) is 6.01. The van der Waals surface area contributed by atoms with Crippen LogP contribution in [0.5, 0.6) is 0 Å². The highest BCUT2D eigenvalue weighted by Crippen LogP contribution is 2.55. The van der Waals surface area contributed by atoms with Crippen molar-refractivity contribution in [2.24, 2.45) is 10.4 Å². The lowest BCUT2D eigenvalue weighted by molar-refractivity contribution is 0.238. The molecule has 0 amide bonds. The Kier molecular flexibility index (Phi) is 2.83. The van der Waals surface area contributed by atoms with Gasteiger partial charge in [-0.05, 0) is 36.3 Å². The zero-order chi connectivity index (χ0) is 15.3. The third-order valence-electron chi connectivity index (χ3n) is 4.68. The Morgan fingerprint density at radius 1 is 1.27 bits per heavy atom. The molecule has 1 spiro atoms. The predicted molar refractivity (Wildman–Crippen MR) is 80.5 cm³/mol. The smallest absolute Gasteiger partial charge is 0.200 e. The second kappa shape index (κ2) is 4.63. The summed E-state index contributed by atoms with van der Waals surface area (Å²) in [4.78, 5) is 4.40. The van der Waals surface area contributed by atoms with Crippen LogP contribution in [0, 0.1) is 17.0 Å². The Hall–Kier alpha value is -2.23. The van der Waals surface area contributed by atoms with Crippen LogP contribution in [0.4, 0.5) is 8.78 Å². The molecule has 112 valence electrons. The molecule has 1 aromatic rings. The van der Waals surface area contributed by atoms with Gasteiger partial charge in [-0.25, -0.2) is 13.8 Å². The van der Waals surface area contributed by atoms with Crippen molar-refractivity contribution < 1.29 is 13.5 Å². The number of halogens is 2. The Labute approximate surface area is 127 Å². The fourth-order valence-electron chi connectivity index (χ4n) is 3.78. The maximum Gasteiger partial charge on any atom is 0.200 e. The first-order valence-electron chi connectivity index (χ1n) is 7.36. The molecule has 1 aromatic carbocycles. The highest BCUT2D eigenvalue weighted by atomic mass is 19.2. The first kappa shape index (κ1) is 13.4. The van der Waals surface area contributed by atoms with Gasteiger partial charge in [0.05, 0.1) is 11.5 Å². The summed E-state index contributed by atoms with van der Waals surface area (Å²) in [6.45, 7) is 2.01. The van der Waals surface area contributed by atoms with Crippen molar-refractivity contribution in [3.8, 4) is 0 Å². The number of allylic oxidation sites excluding steroid dienone is 4. The first-order valence-corrected chi connectivity index (χ1v) is 7.36. The Morgan fingerprint density at radius 3 is 2.95 bits per heavy atom. The minimum Gasteiger partial charge on any atom is -0.477 e. The van der Waals surface area contributed by atoms with E-state index in [0.717, 1.165) is 17.6 Å². The van der Waals surface area contributed by atoms with Gasteiger partial charge in [0.1, 0.15) is 0 Å². The van der Waals surface area contributed by atoms with Gasteiger partial charge in [-0.1, -0.05) is 24.3 Å². The van der Waals surface area contributed by atoms with E-state index < -0.39 is 17.0 Å². The molecule has 0 saturated carbocycles. The number of rotatable bonds is 1. The molecule has 3 unspecified atom stereocenters. The van der Waals surface area contributed by atoms with Crippen LogP contribution in [0.15, 0.2) is 59.3 Å². The maximum atomic E-state index is 13.7. The van der Waals surface area contributed by atoms with Gasteiger partial charge in [0, 0.05) is 18.5 Å². The summed E-state index contributed by atoms with van der Waals surface area (Å²) in [6, 6.07) is 4.10. The summed E-state index contributed by atoms with van der Waals surface area (Å²) in [5.74, 6) is -1.09. The third-order valence-corrected chi connectivity index (χ3v) is 4.68. The van der Waals surface area contributed by atoms with Crippen LogP contribution < -0.4 is 0 Å². The molecule has 0 radical (unpaired) electrons. The molecular formula is C18H15F2NO. The van der Waals surface area contributed by atoms with Crippen LogP contribution in [0.2, 0.25) is 0 Å². The largest absolute Gasteiger partial charge is 0.477 e. The molecule has 0 bridgehead atoms. The van der Waals surface area contributed by atoms with Gasteiger partial charge in [-0.15, -0.1) is 0 Å². The highest BCUT2D eigenvalue weighted by Gasteiger charge is 2.54. The Bertz CT molecular complexity index is 762. The molecule has 2 nitrogen and oxygen atoms in total. The van der Waals surface area contributed by atoms with Crippen molar-refractivity contribution in [2.75, 3.05) is 0 Å². The van der Waals surface area contributed by atoms with Gasteiger partial charge < -0.3 is 4.74 Å². The molecule has 4 rings (SSSR count). The van der Waals surface area contributed by atoms with Gasteiger partial charge in [0.25, 0.3) is 0 Å². The molecule has 1 aliphatic carbocycles. The van der Waals surface area contributed by atoms with E-state index in [2.05, 4.69) is 4.99 Å². The van der Waals surface area contributed by atoms with Crippen molar-refractivity contribution in [1.29, 1.82) is 0 Å². The standard InChI is InChI=1S/C18H15F2NO/c1-11-10-18-13(7-8-21-17(18)22-11)3-2-4-14(18)12-5-6-15(19)16(20)9-12/h2-9,11,14H,10H2,1H3. The maximum absolute atomic E-state index is 13.7. The third kappa shape index (κ3) is 1.73. The van der Waals surface area contributed by atoms with Crippen LogP contribution in [0.3, 0.4) is 0 Å². The van der Waals surface area contributed by atoms with Gasteiger partial charge in [-0.3, -0.25) is 0 Å². The monoisotopic (exact) mass is 299 g/mol. The minimum atomic E-state index is -0.828. The number of nitrogens with zero attached hydrogens (tertiary/aromatic N) is 1. The van der Waals surface area contributed by atoms with Crippen molar-refractivity contribution in [1.82, 2.24) is 0 Å². The van der Waals surface area contributed by atoms with Crippen molar-refractivity contribution in [3.05, 3.63) is 71.5 Å². The fourth-order valence-corrected chi connectivity index (χ4v) is 3.78. The van der Waals surface area contributed by atoms with E-state index in [0.29, 0.717) is 5.90 Å². The highest BCUT2D eigenvalue weighted by molar-refractivity contribution is 5.92. The van der Waals surface area contributed by atoms with E-state index in [4.69, 9.17) is 4.74 Å². The molecule has 0 aromatic heterocycles. The molecule has 22 heavy (non-hydrogen) atoms. The quantitative estimate of drug-likeness (QED) is 0.759. The molecule has 3 aliphatic rings. The molecule has 1 saturated heterocycles. The number of hydrogen-bond acceptors (Lipinski definition) is 2. The Balaban J connectivity index is 1.88. The molecule has 4 heteroatoms. The summed E-state index contributed by atoms with van der Waals surface area (Å²) >= 11 is 0. The topological polar surface area (TPSA) is 21.6 Å². The minimum absolute atomic E-state index is 0.0429. The van der Waals surface area contributed by atoms with E-state index >= 15 is 0 Å². The fraction of sp³-hybridized carbons (Fsp3) is 0.278. The zero-order valence-corrected chi connectivity index (χ0v) is 12.1. The summed E-state index contributed by atoms with van der Waals surface area (Å²) in [7, 11) is 0. The van der Waals surface area contributed by atoms with Gasteiger partial charge >= 0.3 is 0 Å². The lowest BCUT2D eigenvalue weighted by Crippen LogP contribution is -2.37. The number of ether oxygens (including phenoxy) is 1. The zero-order valence-electron chi connectivity index (χ0n) is 12.1. The van der Waals surface area contributed by atoms with Gasteiger partial charge in [-0.2, -0.15) is 0 Å². The van der Waals surface area contributed by atoms with Crippen LogP contribution >= 0.6 is 0 Å².